The second kappa shape index (κ2) is 9.07. The zero-order valence-corrected chi connectivity index (χ0v) is 16.2. The van der Waals surface area contributed by atoms with Gasteiger partial charge in [-0.25, -0.2) is 4.39 Å². The fraction of sp³-hybridized carbons (Fsp3) is 0.200. The van der Waals surface area contributed by atoms with Crippen LogP contribution in [-0.2, 0) is 11.3 Å². The van der Waals surface area contributed by atoms with Gasteiger partial charge in [0.25, 0.3) is 0 Å². The predicted molar refractivity (Wildman–Crippen MR) is 110 cm³/mol. The van der Waals surface area contributed by atoms with Crippen LogP contribution in [0, 0.1) is 12.7 Å². The number of aryl methyl sites for hydroxylation is 1. The number of amides is 1. The first kappa shape index (κ1) is 20.2. The smallest absolute Gasteiger partial charge is 0.238 e. The SMILES string of the molecule is Cc1ccccc1Nc1nc(N)nc(CN(C)CC(=O)Nc2cccc(F)c2)n1. The van der Waals surface area contributed by atoms with Gasteiger partial charge in [0.2, 0.25) is 17.8 Å². The molecule has 0 bridgehead atoms. The van der Waals surface area contributed by atoms with Gasteiger partial charge in [0, 0.05) is 11.4 Å². The maximum atomic E-state index is 13.2. The molecule has 9 heteroatoms. The van der Waals surface area contributed by atoms with E-state index in [9.17, 15) is 9.18 Å². The summed E-state index contributed by atoms with van der Waals surface area (Å²) in [5, 5.41) is 5.78. The van der Waals surface area contributed by atoms with Gasteiger partial charge < -0.3 is 16.4 Å². The van der Waals surface area contributed by atoms with Gasteiger partial charge in [-0.15, -0.1) is 0 Å². The van der Waals surface area contributed by atoms with E-state index in [2.05, 4.69) is 25.6 Å². The number of nitrogens with two attached hydrogens (primary N) is 1. The molecule has 0 aliphatic heterocycles. The minimum absolute atomic E-state index is 0.0721. The molecular weight excluding hydrogens is 373 g/mol. The zero-order chi connectivity index (χ0) is 20.8. The van der Waals surface area contributed by atoms with Crippen molar-refractivity contribution in [1.82, 2.24) is 19.9 Å². The third-order valence-electron chi connectivity index (χ3n) is 4.02. The van der Waals surface area contributed by atoms with Crippen molar-refractivity contribution in [2.45, 2.75) is 13.5 Å². The highest BCUT2D eigenvalue weighted by molar-refractivity contribution is 5.92. The van der Waals surface area contributed by atoms with Crippen molar-refractivity contribution in [1.29, 1.82) is 0 Å². The van der Waals surface area contributed by atoms with Crippen molar-refractivity contribution >= 4 is 29.2 Å². The van der Waals surface area contributed by atoms with E-state index >= 15 is 0 Å². The molecule has 0 unspecified atom stereocenters. The van der Waals surface area contributed by atoms with E-state index < -0.39 is 5.82 Å². The summed E-state index contributed by atoms with van der Waals surface area (Å²) in [6, 6.07) is 13.5. The van der Waals surface area contributed by atoms with Crippen LogP contribution in [0.15, 0.2) is 48.5 Å². The Labute approximate surface area is 168 Å². The fourth-order valence-corrected chi connectivity index (χ4v) is 2.71. The first-order valence-corrected chi connectivity index (χ1v) is 8.96. The molecule has 2 aromatic carbocycles. The molecule has 0 fully saturated rings. The van der Waals surface area contributed by atoms with Crippen molar-refractivity contribution in [2.75, 3.05) is 30.0 Å². The minimum Gasteiger partial charge on any atom is -0.368 e. The van der Waals surface area contributed by atoms with Crippen LogP contribution < -0.4 is 16.4 Å². The maximum Gasteiger partial charge on any atom is 0.238 e. The van der Waals surface area contributed by atoms with Gasteiger partial charge in [0.05, 0.1) is 13.1 Å². The summed E-state index contributed by atoms with van der Waals surface area (Å²) in [5.74, 6) is 0.154. The lowest BCUT2D eigenvalue weighted by Crippen LogP contribution is -2.30. The highest BCUT2D eigenvalue weighted by atomic mass is 19.1. The molecule has 1 amide bonds. The molecule has 29 heavy (non-hydrogen) atoms. The first-order chi connectivity index (χ1) is 13.9. The predicted octanol–water partition coefficient (Wildman–Crippen LogP) is 2.72. The Bertz CT molecular complexity index is 1010. The van der Waals surface area contributed by atoms with Crippen molar-refractivity contribution in [3.8, 4) is 0 Å². The summed E-state index contributed by atoms with van der Waals surface area (Å²) in [4.78, 5) is 26.5. The molecule has 0 saturated carbocycles. The van der Waals surface area contributed by atoms with E-state index in [0.717, 1.165) is 11.3 Å². The van der Waals surface area contributed by atoms with Crippen molar-refractivity contribution in [3.63, 3.8) is 0 Å². The topological polar surface area (TPSA) is 109 Å². The van der Waals surface area contributed by atoms with Gasteiger partial charge in [-0.3, -0.25) is 9.69 Å². The lowest BCUT2D eigenvalue weighted by molar-refractivity contribution is -0.117. The Hall–Kier alpha value is -3.59. The number of carbonyl (C=O) groups excluding carboxylic acids is 1. The summed E-state index contributed by atoms with van der Waals surface area (Å²) in [5.41, 5.74) is 8.12. The molecule has 0 aliphatic rings. The second-order valence-corrected chi connectivity index (χ2v) is 6.60. The van der Waals surface area contributed by atoms with Crippen molar-refractivity contribution < 1.29 is 9.18 Å². The van der Waals surface area contributed by atoms with Gasteiger partial charge >= 0.3 is 0 Å². The van der Waals surface area contributed by atoms with E-state index in [4.69, 9.17) is 5.73 Å². The normalized spacial score (nSPS) is 10.8. The molecule has 8 nitrogen and oxygen atoms in total. The number of nitrogens with zero attached hydrogens (tertiary/aromatic N) is 4. The summed E-state index contributed by atoms with van der Waals surface area (Å²) in [6.45, 7) is 2.33. The summed E-state index contributed by atoms with van der Waals surface area (Å²) < 4.78 is 13.2. The number of halogens is 1. The Morgan fingerprint density at radius 2 is 1.93 bits per heavy atom. The van der Waals surface area contributed by atoms with E-state index in [1.807, 2.05) is 31.2 Å². The van der Waals surface area contributed by atoms with Crippen molar-refractivity contribution in [3.05, 3.63) is 65.7 Å². The Morgan fingerprint density at radius 3 is 2.69 bits per heavy atom. The molecule has 1 aromatic heterocycles. The number of aromatic nitrogens is 3. The number of nitrogens with one attached hydrogen (secondary N) is 2. The number of benzene rings is 2. The van der Waals surface area contributed by atoms with Crippen LogP contribution in [-0.4, -0.2) is 39.4 Å². The highest BCUT2D eigenvalue weighted by Crippen LogP contribution is 2.18. The van der Waals surface area contributed by atoms with Crippen LogP contribution in [0.2, 0.25) is 0 Å². The summed E-state index contributed by atoms with van der Waals surface area (Å²) in [7, 11) is 1.75. The van der Waals surface area contributed by atoms with Gasteiger partial charge in [0.1, 0.15) is 11.6 Å². The van der Waals surface area contributed by atoms with Crippen LogP contribution >= 0.6 is 0 Å². The highest BCUT2D eigenvalue weighted by Gasteiger charge is 2.12. The molecule has 0 spiro atoms. The molecule has 3 rings (SSSR count). The number of carbonyl (C=O) groups is 1. The molecule has 4 N–H and O–H groups in total. The minimum atomic E-state index is -0.412. The lowest BCUT2D eigenvalue weighted by atomic mass is 10.2. The average molecular weight is 395 g/mol. The van der Waals surface area contributed by atoms with E-state index in [1.54, 1.807) is 18.0 Å². The number of hydrogen-bond donors (Lipinski definition) is 3. The molecule has 1 heterocycles. The summed E-state index contributed by atoms with van der Waals surface area (Å²) >= 11 is 0. The number of anilines is 4. The van der Waals surface area contributed by atoms with Gasteiger partial charge in [0.15, 0.2) is 0 Å². The standard InChI is InChI=1S/C20H22FN7O/c1-13-6-3-4-9-16(13)24-20-26-17(25-19(22)27-20)11-28(2)12-18(29)23-15-8-5-7-14(21)10-15/h3-10H,11-12H2,1-2H3,(H,23,29)(H3,22,24,25,26,27). The Balaban J connectivity index is 1.62. The third-order valence-corrected chi connectivity index (χ3v) is 4.02. The largest absolute Gasteiger partial charge is 0.368 e. The molecule has 0 atom stereocenters. The number of para-hydroxylation sites is 1. The van der Waals surface area contributed by atoms with Gasteiger partial charge in [-0.05, 0) is 43.8 Å². The quantitative estimate of drug-likeness (QED) is 0.564. The molecule has 0 aliphatic carbocycles. The van der Waals surface area contributed by atoms with Crippen LogP contribution in [0.3, 0.4) is 0 Å². The van der Waals surface area contributed by atoms with Crippen LogP contribution in [0.5, 0.6) is 0 Å². The lowest BCUT2D eigenvalue weighted by Gasteiger charge is -2.16. The van der Waals surface area contributed by atoms with Crippen LogP contribution in [0.4, 0.5) is 27.7 Å². The van der Waals surface area contributed by atoms with Gasteiger partial charge in [-0.1, -0.05) is 24.3 Å². The molecule has 0 saturated heterocycles. The zero-order valence-electron chi connectivity index (χ0n) is 16.2. The molecular formula is C20H22FN7O. The van der Waals surface area contributed by atoms with Gasteiger partial charge in [-0.2, -0.15) is 15.0 Å². The monoisotopic (exact) mass is 395 g/mol. The number of likely N-dealkylation sites (N-methyl/N-ethyl adjacent to an activating group) is 1. The number of rotatable bonds is 7. The molecule has 3 aromatic rings. The fourth-order valence-electron chi connectivity index (χ4n) is 2.71. The maximum absolute atomic E-state index is 13.2. The summed E-state index contributed by atoms with van der Waals surface area (Å²) in [6.07, 6.45) is 0. The van der Waals surface area contributed by atoms with Crippen LogP contribution in [0.25, 0.3) is 0 Å². The number of nitrogen functional groups attached to an aromatic ring is 1. The van der Waals surface area contributed by atoms with Crippen molar-refractivity contribution in [2.24, 2.45) is 0 Å². The second-order valence-electron chi connectivity index (χ2n) is 6.60. The van der Waals surface area contributed by atoms with E-state index in [0.29, 0.717) is 17.5 Å². The average Bonchev–Trinajstić information content (AvgIpc) is 2.63. The van der Waals surface area contributed by atoms with E-state index in [-0.39, 0.29) is 24.9 Å². The molecule has 0 radical (unpaired) electrons. The first-order valence-electron chi connectivity index (χ1n) is 8.96. The molecule has 150 valence electrons. The Kier molecular flexibility index (Phi) is 6.30. The number of hydrogen-bond acceptors (Lipinski definition) is 7. The Morgan fingerprint density at radius 1 is 1.14 bits per heavy atom. The van der Waals surface area contributed by atoms with Crippen LogP contribution in [0.1, 0.15) is 11.4 Å². The van der Waals surface area contributed by atoms with E-state index in [1.165, 1.54) is 18.2 Å². The third kappa shape index (κ3) is 5.94.